The maximum Gasteiger partial charge on any atom is 0.387 e. The van der Waals surface area contributed by atoms with Crippen LogP contribution in [-0.4, -0.2) is 37.9 Å². The Morgan fingerprint density at radius 2 is 1.76 bits per heavy atom. The number of hydrogen-bond donors (Lipinski definition) is 2. The number of thiocarbonyl (C=S) groups is 1. The summed E-state index contributed by atoms with van der Waals surface area (Å²) >= 11 is 6.19. The zero-order chi connectivity index (χ0) is 21.7. The van der Waals surface area contributed by atoms with E-state index < -0.39 is 18.6 Å². The Kier molecular flexibility index (Phi) is 7.46. The zero-order valence-electron chi connectivity index (χ0n) is 15.9. The number of aryl methyl sites for hydroxylation is 1. The van der Waals surface area contributed by atoms with Gasteiger partial charge in [-0.3, -0.25) is 0 Å². The fourth-order valence-corrected chi connectivity index (χ4v) is 3.83. The second-order valence-electron chi connectivity index (χ2n) is 5.70. The molecule has 0 saturated heterocycles. The molecule has 0 atom stereocenters. The van der Waals surface area contributed by atoms with E-state index in [0.29, 0.717) is 5.56 Å². The fraction of sp³-hybridized carbons (Fsp3) is 0.278. The highest BCUT2D eigenvalue weighted by Crippen LogP contribution is 2.35. The molecule has 1 heterocycles. The predicted octanol–water partition coefficient (Wildman–Crippen LogP) is 4.35. The molecule has 2 rings (SSSR count). The van der Waals surface area contributed by atoms with Crippen LogP contribution in [0.4, 0.5) is 19.5 Å². The first kappa shape index (κ1) is 22.5. The largest absolute Gasteiger partial charge is 0.465 e. The summed E-state index contributed by atoms with van der Waals surface area (Å²) in [5, 5.41) is 5.81. The summed E-state index contributed by atoms with van der Waals surface area (Å²) in [4.78, 5) is 24.3. The molecule has 0 aliphatic carbocycles. The number of methoxy groups -OCH3 is 2. The molecule has 1 aromatic heterocycles. The molecule has 7 nitrogen and oxygen atoms in total. The number of nitrogens with one attached hydrogen (secondary N) is 2. The molecule has 0 bridgehead atoms. The van der Waals surface area contributed by atoms with E-state index in [2.05, 4.69) is 15.4 Å². The number of hydrogen-bond acceptors (Lipinski definition) is 7. The van der Waals surface area contributed by atoms with Crippen molar-refractivity contribution in [3.8, 4) is 5.75 Å². The maximum absolute atomic E-state index is 12.6. The Morgan fingerprint density at radius 1 is 1.10 bits per heavy atom. The smallest absolute Gasteiger partial charge is 0.387 e. The lowest BCUT2D eigenvalue weighted by atomic mass is 10.1. The lowest BCUT2D eigenvalue weighted by molar-refractivity contribution is -0.0493. The number of esters is 2. The highest BCUT2D eigenvalue weighted by Gasteiger charge is 2.26. The van der Waals surface area contributed by atoms with Gasteiger partial charge >= 0.3 is 18.6 Å². The third kappa shape index (κ3) is 5.39. The van der Waals surface area contributed by atoms with Gasteiger partial charge in [0.2, 0.25) is 0 Å². The van der Waals surface area contributed by atoms with Crippen LogP contribution in [0.15, 0.2) is 18.2 Å². The minimum Gasteiger partial charge on any atom is -0.465 e. The van der Waals surface area contributed by atoms with E-state index in [0.717, 1.165) is 16.9 Å². The fourth-order valence-electron chi connectivity index (χ4n) is 2.43. The van der Waals surface area contributed by atoms with Crippen molar-refractivity contribution in [2.24, 2.45) is 0 Å². The topological polar surface area (TPSA) is 85.9 Å². The molecule has 156 valence electrons. The third-order valence-corrected chi connectivity index (χ3v) is 5.12. The van der Waals surface area contributed by atoms with Crippen LogP contribution < -0.4 is 15.4 Å². The summed E-state index contributed by atoms with van der Waals surface area (Å²) in [6.45, 7) is 0.341. The lowest BCUT2D eigenvalue weighted by Gasteiger charge is -2.15. The Morgan fingerprint density at radius 3 is 2.34 bits per heavy atom. The van der Waals surface area contributed by atoms with E-state index in [4.69, 9.17) is 21.7 Å². The maximum atomic E-state index is 12.6. The summed E-state index contributed by atoms with van der Waals surface area (Å²) in [5.74, 6) is -1.38. The van der Waals surface area contributed by atoms with Gasteiger partial charge in [0.25, 0.3) is 0 Å². The molecule has 0 spiro atoms. The molecule has 0 unspecified atom stereocenters. The molecule has 0 saturated carbocycles. The molecule has 0 radical (unpaired) electrons. The number of halogens is 2. The molecule has 0 amide bonds. The van der Waals surface area contributed by atoms with Gasteiger partial charge in [0.05, 0.1) is 25.5 Å². The third-order valence-electron chi connectivity index (χ3n) is 3.73. The summed E-state index contributed by atoms with van der Waals surface area (Å²) < 4.78 is 39.2. The number of ether oxygens (including phenoxy) is 3. The Hall–Kier alpha value is -2.79. The van der Waals surface area contributed by atoms with Gasteiger partial charge in [0.1, 0.15) is 15.6 Å². The van der Waals surface area contributed by atoms with Crippen LogP contribution in [-0.2, 0) is 9.47 Å². The van der Waals surface area contributed by atoms with Crippen molar-refractivity contribution in [3.05, 3.63) is 39.8 Å². The van der Waals surface area contributed by atoms with E-state index in [-0.39, 0.29) is 32.0 Å². The van der Waals surface area contributed by atoms with Crippen molar-refractivity contribution in [2.45, 2.75) is 20.5 Å². The van der Waals surface area contributed by atoms with E-state index >= 15 is 0 Å². The van der Waals surface area contributed by atoms with Gasteiger partial charge in [0, 0.05) is 0 Å². The Balaban J connectivity index is 2.33. The van der Waals surface area contributed by atoms with Crippen LogP contribution in [0.3, 0.4) is 0 Å². The molecule has 2 aromatic rings. The highest BCUT2D eigenvalue weighted by molar-refractivity contribution is 7.80. The second-order valence-corrected chi connectivity index (χ2v) is 7.13. The lowest BCUT2D eigenvalue weighted by Crippen LogP contribution is -2.21. The van der Waals surface area contributed by atoms with Gasteiger partial charge in [-0.25, -0.2) is 9.59 Å². The SMILES string of the molecule is COC(=O)c1sc(NC(=S)Nc2cc(C)ccc2OC(F)F)c(C(=O)OC)c1C. The normalized spacial score (nSPS) is 10.4. The van der Waals surface area contributed by atoms with Crippen LogP contribution in [0.25, 0.3) is 0 Å². The zero-order valence-corrected chi connectivity index (χ0v) is 17.6. The van der Waals surface area contributed by atoms with Crippen molar-refractivity contribution in [1.82, 2.24) is 0 Å². The molecule has 29 heavy (non-hydrogen) atoms. The number of thiophene rings is 1. The summed E-state index contributed by atoms with van der Waals surface area (Å²) in [6.07, 6.45) is 0. The quantitative estimate of drug-likeness (QED) is 0.503. The number of carbonyl (C=O) groups excluding carboxylic acids is 2. The summed E-state index contributed by atoms with van der Waals surface area (Å²) in [6, 6.07) is 4.57. The summed E-state index contributed by atoms with van der Waals surface area (Å²) in [7, 11) is 2.43. The molecular formula is C18H18F2N2O5S2. The number of anilines is 2. The number of carbonyl (C=O) groups is 2. The van der Waals surface area contributed by atoms with Gasteiger partial charge in [0.15, 0.2) is 5.11 Å². The average molecular weight is 444 g/mol. The van der Waals surface area contributed by atoms with Crippen LogP contribution in [0.2, 0.25) is 0 Å². The van der Waals surface area contributed by atoms with Crippen molar-refractivity contribution in [1.29, 1.82) is 0 Å². The number of alkyl halides is 2. The van der Waals surface area contributed by atoms with E-state index in [1.54, 1.807) is 26.0 Å². The molecule has 0 aliphatic rings. The van der Waals surface area contributed by atoms with Crippen molar-refractivity contribution < 1.29 is 32.6 Å². The van der Waals surface area contributed by atoms with Gasteiger partial charge in [-0.05, 0) is 49.3 Å². The van der Waals surface area contributed by atoms with Crippen molar-refractivity contribution in [2.75, 3.05) is 24.9 Å². The molecule has 1 aromatic carbocycles. The van der Waals surface area contributed by atoms with Crippen LogP contribution in [0.5, 0.6) is 5.75 Å². The molecule has 0 fully saturated rings. The van der Waals surface area contributed by atoms with Gasteiger partial charge in [-0.15, -0.1) is 11.3 Å². The number of benzene rings is 1. The van der Waals surface area contributed by atoms with E-state index in [1.165, 1.54) is 20.3 Å². The second kappa shape index (κ2) is 9.61. The van der Waals surface area contributed by atoms with Gasteiger partial charge in [-0.1, -0.05) is 6.07 Å². The average Bonchev–Trinajstić information content (AvgIpc) is 2.98. The van der Waals surface area contributed by atoms with E-state index in [9.17, 15) is 18.4 Å². The Bertz CT molecular complexity index is 947. The van der Waals surface area contributed by atoms with Crippen molar-refractivity contribution in [3.63, 3.8) is 0 Å². The monoisotopic (exact) mass is 444 g/mol. The van der Waals surface area contributed by atoms with E-state index in [1.807, 2.05) is 0 Å². The first-order chi connectivity index (χ1) is 13.7. The minimum atomic E-state index is -3.01. The minimum absolute atomic E-state index is 0.00228. The first-order valence-corrected chi connectivity index (χ1v) is 9.33. The number of rotatable bonds is 6. The summed E-state index contributed by atoms with van der Waals surface area (Å²) in [5.41, 5.74) is 1.49. The molecular weight excluding hydrogens is 426 g/mol. The first-order valence-electron chi connectivity index (χ1n) is 8.11. The highest BCUT2D eigenvalue weighted by atomic mass is 32.1. The Labute approximate surface area is 175 Å². The van der Waals surface area contributed by atoms with Crippen LogP contribution >= 0.6 is 23.6 Å². The van der Waals surface area contributed by atoms with Crippen LogP contribution in [0, 0.1) is 13.8 Å². The molecule has 2 N–H and O–H groups in total. The van der Waals surface area contributed by atoms with Crippen LogP contribution in [0.1, 0.15) is 31.2 Å². The molecule has 11 heteroatoms. The van der Waals surface area contributed by atoms with Crippen molar-refractivity contribution >= 4 is 51.3 Å². The standard InChI is InChI=1S/C18H18F2N2O5S2/c1-8-5-6-11(27-17(19)20)10(7-8)21-18(28)22-14-12(15(23)25-3)9(2)13(29-14)16(24)26-4/h5-7,17H,1-4H3,(H2,21,22,28). The van der Waals surface area contributed by atoms with Gasteiger partial charge < -0.3 is 24.8 Å². The molecule has 0 aliphatic heterocycles. The van der Waals surface area contributed by atoms with Gasteiger partial charge in [-0.2, -0.15) is 8.78 Å². The predicted molar refractivity (Wildman–Crippen MR) is 109 cm³/mol.